The molecular formula is C16H21N3O2S. The summed E-state index contributed by atoms with van der Waals surface area (Å²) in [5, 5.41) is 4.13. The second kappa shape index (κ2) is 5.76. The predicted molar refractivity (Wildman–Crippen MR) is 89.6 cm³/mol. The normalized spacial score (nSPS) is 18.7. The summed E-state index contributed by atoms with van der Waals surface area (Å²) in [5.41, 5.74) is -0.465. The molecule has 1 unspecified atom stereocenters. The summed E-state index contributed by atoms with van der Waals surface area (Å²) in [6.45, 7) is 7.28. The van der Waals surface area contributed by atoms with Gasteiger partial charge in [0.05, 0.1) is 10.7 Å². The van der Waals surface area contributed by atoms with Crippen molar-refractivity contribution in [2.45, 2.75) is 38.8 Å². The Hall–Kier alpha value is -1.82. The lowest BCUT2D eigenvalue weighted by Gasteiger charge is -2.22. The lowest BCUT2D eigenvalue weighted by molar-refractivity contribution is 0.0509. The van der Waals surface area contributed by atoms with Crippen LogP contribution in [0.15, 0.2) is 24.3 Å². The van der Waals surface area contributed by atoms with E-state index in [0.29, 0.717) is 0 Å². The van der Waals surface area contributed by atoms with E-state index in [4.69, 9.17) is 4.74 Å². The van der Waals surface area contributed by atoms with E-state index in [1.165, 1.54) is 21.6 Å². The molecule has 1 aromatic heterocycles. The van der Waals surface area contributed by atoms with Crippen LogP contribution < -0.4 is 10.2 Å². The summed E-state index contributed by atoms with van der Waals surface area (Å²) in [7, 11) is 0. The molecular weight excluding hydrogens is 298 g/mol. The van der Waals surface area contributed by atoms with Crippen molar-refractivity contribution in [3.05, 3.63) is 24.3 Å². The van der Waals surface area contributed by atoms with E-state index in [2.05, 4.69) is 26.7 Å². The average Bonchev–Trinajstić information content (AvgIpc) is 3.02. The number of carbonyl (C=O) groups excluding carboxylic acids is 1. The van der Waals surface area contributed by atoms with Gasteiger partial charge < -0.3 is 15.0 Å². The first-order valence-electron chi connectivity index (χ1n) is 7.51. The van der Waals surface area contributed by atoms with E-state index in [9.17, 15) is 4.79 Å². The summed E-state index contributed by atoms with van der Waals surface area (Å²) in [5.74, 6) is 1.02. The van der Waals surface area contributed by atoms with Crippen LogP contribution >= 0.6 is 11.5 Å². The van der Waals surface area contributed by atoms with E-state index in [1.54, 1.807) is 0 Å². The maximum atomic E-state index is 11.9. The number of hydrogen-bond acceptors (Lipinski definition) is 5. The molecule has 2 aromatic rings. The van der Waals surface area contributed by atoms with E-state index in [0.717, 1.165) is 25.3 Å². The van der Waals surface area contributed by atoms with Gasteiger partial charge in [-0.1, -0.05) is 12.1 Å². The smallest absolute Gasteiger partial charge is 0.407 e. The molecule has 1 aliphatic rings. The van der Waals surface area contributed by atoms with Crippen LogP contribution in [0.5, 0.6) is 0 Å². The molecule has 0 radical (unpaired) electrons. The van der Waals surface area contributed by atoms with Crippen LogP contribution in [0, 0.1) is 0 Å². The zero-order chi connectivity index (χ0) is 15.7. The molecule has 1 aliphatic heterocycles. The number of rotatable bonds is 2. The van der Waals surface area contributed by atoms with Crippen LogP contribution in [0.2, 0.25) is 0 Å². The fourth-order valence-corrected chi connectivity index (χ4v) is 3.44. The summed E-state index contributed by atoms with van der Waals surface area (Å²) in [4.78, 5) is 14.1. The minimum atomic E-state index is -0.465. The van der Waals surface area contributed by atoms with Crippen molar-refractivity contribution in [1.29, 1.82) is 0 Å². The number of ether oxygens (including phenoxy) is 1. The SMILES string of the molecule is CC(C)(C)OC(=O)NC1CCN(c2nsc3ccccc23)C1. The Morgan fingerprint density at radius 1 is 1.41 bits per heavy atom. The maximum Gasteiger partial charge on any atom is 0.407 e. The third-order valence-corrected chi connectivity index (χ3v) is 4.38. The van der Waals surface area contributed by atoms with Crippen molar-refractivity contribution in [3.63, 3.8) is 0 Å². The number of nitrogens with one attached hydrogen (secondary N) is 1. The molecule has 1 fully saturated rings. The van der Waals surface area contributed by atoms with Gasteiger partial charge in [-0.3, -0.25) is 0 Å². The quantitative estimate of drug-likeness (QED) is 0.922. The van der Waals surface area contributed by atoms with Gasteiger partial charge in [0.25, 0.3) is 0 Å². The first kappa shape index (κ1) is 15.1. The van der Waals surface area contributed by atoms with Gasteiger partial charge in [0.15, 0.2) is 0 Å². The molecule has 1 saturated heterocycles. The number of carbonyl (C=O) groups is 1. The van der Waals surface area contributed by atoms with Gasteiger partial charge in [-0.15, -0.1) is 0 Å². The summed E-state index contributed by atoms with van der Waals surface area (Å²) in [6, 6.07) is 8.36. The highest BCUT2D eigenvalue weighted by Gasteiger charge is 2.28. The molecule has 22 heavy (non-hydrogen) atoms. The molecule has 1 amide bonds. The number of amides is 1. The highest BCUT2D eigenvalue weighted by molar-refractivity contribution is 7.13. The largest absolute Gasteiger partial charge is 0.444 e. The second-order valence-corrected chi connectivity index (χ2v) is 7.39. The lowest BCUT2D eigenvalue weighted by atomic mass is 10.2. The van der Waals surface area contributed by atoms with E-state index in [1.807, 2.05) is 32.9 Å². The second-order valence-electron chi connectivity index (χ2n) is 6.58. The monoisotopic (exact) mass is 319 g/mol. The van der Waals surface area contributed by atoms with Gasteiger partial charge in [0.1, 0.15) is 11.4 Å². The molecule has 118 valence electrons. The van der Waals surface area contributed by atoms with Crippen LogP contribution in [-0.2, 0) is 4.74 Å². The van der Waals surface area contributed by atoms with E-state index < -0.39 is 5.60 Å². The van der Waals surface area contributed by atoms with Crippen LogP contribution in [0.1, 0.15) is 27.2 Å². The highest BCUT2D eigenvalue weighted by Crippen LogP contribution is 2.31. The number of aromatic nitrogens is 1. The van der Waals surface area contributed by atoms with Crippen molar-refractivity contribution < 1.29 is 9.53 Å². The summed E-state index contributed by atoms with van der Waals surface area (Å²) in [6.07, 6.45) is 0.563. The molecule has 3 rings (SSSR count). The molecule has 1 aromatic carbocycles. The molecule has 6 heteroatoms. The number of alkyl carbamates (subject to hydrolysis) is 1. The zero-order valence-electron chi connectivity index (χ0n) is 13.1. The fourth-order valence-electron chi connectivity index (χ4n) is 2.65. The molecule has 0 saturated carbocycles. The number of hydrogen-bond donors (Lipinski definition) is 1. The molecule has 0 bridgehead atoms. The zero-order valence-corrected chi connectivity index (χ0v) is 13.9. The molecule has 5 nitrogen and oxygen atoms in total. The highest BCUT2D eigenvalue weighted by atomic mass is 32.1. The number of nitrogens with zero attached hydrogens (tertiary/aromatic N) is 2. The first-order chi connectivity index (χ1) is 10.4. The molecule has 0 spiro atoms. The summed E-state index contributed by atoms with van der Waals surface area (Å²) >= 11 is 1.52. The summed E-state index contributed by atoms with van der Waals surface area (Å²) < 4.78 is 11.1. The van der Waals surface area contributed by atoms with Gasteiger partial charge in [0, 0.05) is 18.5 Å². The molecule has 2 heterocycles. The van der Waals surface area contributed by atoms with Crippen LogP contribution in [0.25, 0.3) is 10.1 Å². The van der Waals surface area contributed by atoms with Gasteiger partial charge in [-0.2, -0.15) is 4.37 Å². The Bertz CT molecular complexity index is 677. The third-order valence-electron chi connectivity index (χ3n) is 3.57. The van der Waals surface area contributed by atoms with Gasteiger partial charge in [-0.25, -0.2) is 4.79 Å². The Morgan fingerprint density at radius 3 is 2.95 bits per heavy atom. The number of anilines is 1. The van der Waals surface area contributed by atoms with E-state index >= 15 is 0 Å². The Morgan fingerprint density at radius 2 is 2.18 bits per heavy atom. The van der Waals surface area contributed by atoms with Crippen LogP contribution in [0.4, 0.5) is 10.6 Å². The van der Waals surface area contributed by atoms with Crippen molar-refractivity contribution >= 4 is 33.5 Å². The van der Waals surface area contributed by atoms with Crippen molar-refractivity contribution in [1.82, 2.24) is 9.69 Å². The van der Waals surface area contributed by atoms with Crippen molar-refractivity contribution in [3.8, 4) is 0 Å². The first-order valence-corrected chi connectivity index (χ1v) is 8.28. The number of fused-ring (bicyclic) bond motifs is 1. The van der Waals surface area contributed by atoms with Crippen LogP contribution in [0.3, 0.4) is 0 Å². The van der Waals surface area contributed by atoms with Crippen LogP contribution in [-0.4, -0.2) is 35.2 Å². The van der Waals surface area contributed by atoms with Gasteiger partial charge >= 0.3 is 6.09 Å². The van der Waals surface area contributed by atoms with Crippen molar-refractivity contribution in [2.24, 2.45) is 0 Å². The predicted octanol–water partition coefficient (Wildman–Crippen LogP) is 3.40. The topological polar surface area (TPSA) is 54.5 Å². The minimum absolute atomic E-state index is 0.107. The van der Waals surface area contributed by atoms with Crippen molar-refractivity contribution in [2.75, 3.05) is 18.0 Å². The standard InChI is InChI=1S/C16H21N3O2S/c1-16(2,3)21-15(20)17-11-8-9-19(10-11)14-12-6-4-5-7-13(12)22-18-14/h4-7,11H,8-10H2,1-3H3,(H,17,20). The Balaban J connectivity index is 1.64. The van der Waals surface area contributed by atoms with E-state index in [-0.39, 0.29) is 12.1 Å². The minimum Gasteiger partial charge on any atom is -0.444 e. The molecule has 1 N–H and O–H groups in total. The Labute approximate surface area is 134 Å². The van der Waals surface area contributed by atoms with Gasteiger partial charge in [-0.05, 0) is 50.9 Å². The number of benzene rings is 1. The fraction of sp³-hybridized carbons (Fsp3) is 0.500. The molecule has 0 aliphatic carbocycles. The van der Waals surface area contributed by atoms with Gasteiger partial charge in [0.2, 0.25) is 0 Å². The molecule has 1 atom stereocenters. The lowest BCUT2D eigenvalue weighted by Crippen LogP contribution is -2.40. The maximum absolute atomic E-state index is 11.9. The third kappa shape index (κ3) is 3.32. The average molecular weight is 319 g/mol. The Kier molecular flexibility index (Phi) is 3.95.